The molecular formula is C15H19ClN4O. The van der Waals surface area contributed by atoms with Crippen molar-refractivity contribution in [1.82, 2.24) is 14.7 Å². The number of carbonyl (C=O) groups is 1. The number of amides is 1. The highest BCUT2D eigenvalue weighted by molar-refractivity contribution is 5.85. The molecular weight excluding hydrogens is 288 g/mol. The van der Waals surface area contributed by atoms with Crippen LogP contribution in [-0.2, 0) is 17.8 Å². The average molecular weight is 307 g/mol. The molecule has 6 heteroatoms. The van der Waals surface area contributed by atoms with Gasteiger partial charge in [-0.1, -0.05) is 18.2 Å². The molecule has 2 N–H and O–H groups in total. The van der Waals surface area contributed by atoms with E-state index in [2.05, 4.69) is 5.10 Å². The van der Waals surface area contributed by atoms with Crippen molar-refractivity contribution in [3.8, 4) is 5.69 Å². The summed E-state index contributed by atoms with van der Waals surface area (Å²) in [5.74, 6) is 0.00288. The first-order valence-corrected chi connectivity index (χ1v) is 6.82. The van der Waals surface area contributed by atoms with Crippen LogP contribution in [0, 0.1) is 0 Å². The molecule has 5 nitrogen and oxygen atoms in total. The van der Waals surface area contributed by atoms with E-state index in [0.29, 0.717) is 13.1 Å². The van der Waals surface area contributed by atoms with Crippen LogP contribution in [0.1, 0.15) is 18.2 Å². The molecule has 112 valence electrons. The molecule has 1 atom stereocenters. The quantitative estimate of drug-likeness (QED) is 0.915. The number of carbonyl (C=O) groups excluding carboxylic acids is 1. The van der Waals surface area contributed by atoms with Gasteiger partial charge in [-0.05, 0) is 19.1 Å². The zero-order valence-electron chi connectivity index (χ0n) is 11.9. The highest BCUT2D eigenvalue weighted by atomic mass is 35.5. The number of aromatic nitrogens is 2. The standard InChI is InChI=1S/C15H18N4O.ClH/c1-11(16)15(20)18-8-7-14-12(10-18)9-17-19(14)13-5-3-2-4-6-13;/h2-6,9,11H,7-8,10,16H2,1H3;1H/t11-;/m1./s1. The summed E-state index contributed by atoms with van der Waals surface area (Å²) in [6.07, 6.45) is 2.66. The Morgan fingerprint density at radius 1 is 1.33 bits per heavy atom. The fraction of sp³-hybridized carbons (Fsp3) is 0.333. The van der Waals surface area contributed by atoms with Crippen LogP contribution >= 0.6 is 12.4 Å². The molecule has 0 radical (unpaired) electrons. The summed E-state index contributed by atoms with van der Waals surface area (Å²) in [7, 11) is 0. The molecule has 0 saturated heterocycles. The van der Waals surface area contributed by atoms with Crippen LogP contribution in [0.2, 0.25) is 0 Å². The summed E-state index contributed by atoms with van der Waals surface area (Å²) in [5.41, 5.74) is 9.02. The number of benzene rings is 1. The Balaban J connectivity index is 0.00000161. The summed E-state index contributed by atoms with van der Waals surface area (Å²) in [6, 6.07) is 9.61. The summed E-state index contributed by atoms with van der Waals surface area (Å²) < 4.78 is 1.96. The van der Waals surface area contributed by atoms with Gasteiger partial charge in [0.2, 0.25) is 5.91 Å². The van der Waals surface area contributed by atoms with Gasteiger partial charge in [0.15, 0.2) is 0 Å². The van der Waals surface area contributed by atoms with Crippen molar-refractivity contribution in [2.24, 2.45) is 5.73 Å². The lowest BCUT2D eigenvalue weighted by Gasteiger charge is -2.28. The van der Waals surface area contributed by atoms with Crippen LogP contribution in [0.25, 0.3) is 5.69 Å². The summed E-state index contributed by atoms with van der Waals surface area (Å²) >= 11 is 0. The van der Waals surface area contributed by atoms with Gasteiger partial charge >= 0.3 is 0 Å². The second-order valence-corrected chi connectivity index (χ2v) is 5.16. The van der Waals surface area contributed by atoms with E-state index >= 15 is 0 Å². The fourth-order valence-electron chi connectivity index (χ4n) is 2.60. The lowest BCUT2D eigenvalue weighted by Crippen LogP contribution is -2.44. The fourth-order valence-corrected chi connectivity index (χ4v) is 2.60. The van der Waals surface area contributed by atoms with Crippen LogP contribution < -0.4 is 5.73 Å². The van der Waals surface area contributed by atoms with E-state index in [9.17, 15) is 4.79 Å². The zero-order valence-corrected chi connectivity index (χ0v) is 12.7. The Labute approximate surface area is 130 Å². The Morgan fingerprint density at radius 2 is 2.05 bits per heavy atom. The molecule has 0 aliphatic carbocycles. The molecule has 1 amide bonds. The van der Waals surface area contributed by atoms with Gasteiger partial charge in [0, 0.05) is 25.1 Å². The van der Waals surface area contributed by atoms with E-state index in [-0.39, 0.29) is 18.3 Å². The number of halogens is 1. The van der Waals surface area contributed by atoms with Crippen molar-refractivity contribution in [3.63, 3.8) is 0 Å². The normalized spacial score (nSPS) is 15.0. The van der Waals surface area contributed by atoms with E-state index in [4.69, 9.17) is 5.73 Å². The molecule has 2 heterocycles. The molecule has 1 aromatic carbocycles. The first-order valence-electron chi connectivity index (χ1n) is 6.82. The molecule has 0 spiro atoms. The van der Waals surface area contributed by atoms with Crippen molar-refractivity contribution < 1.29 is 4.79 Å². The average Bonchev–Trinajstić information content (AvgIpc) is 2.90. The number of hydrogen-bond acceptors (Lipinski definition) is 3. The van der Waals surface area contributed by atoms with E-state index in [1.807, 2.05) is 46.1 Å². The smallest absolute Gasteiger partial charge is 0.239 e. The third-order valence-electron chi connectivity index (χ3n) is 3.64. The highest BCUT2D eigenvalue weighted by Crippen LogP contribution is 2.22. The van der Waals surface area contributed by atoms with Gasteiger partial charge in [0.1, 0.15) is 0 Å². The van der Waals surface area contributed by atoms with Gasteiger partial charge in [-0.2, -0.15) is 5.10 Å². The van der Waals surface area contributed by atoms with Crippen LogP contribution in [0.15, 0.2) is 36.5 Å². The number of para-hydroxylation sites is 1. The third kappa shape index (κ3) is 2.94. The predicted octanol–water partition coefficient (Wildman–Crippen LogP) is 1.53. The van der Waals surface area contributed by atoms with Gasteiger partial charge in [-0.3, -0.25) is 4.79 Å². The number of nitrogens with two attached hydrogens (primary N) is 1. The molecule has 1 aromatic heterocycles. The van der Waals surface area contributed by atoms with E-state index in [1.165, 1.54) is 5.69 Å². The number of fused-ring (bicyclic) bond motifs is 1. The molecule has 0 saturated carbocycles. The van der Waals surface area contributed by atoms with Crippen molar-refractivity contribution >= 4 is 18.3 Å². The highest BCUT2D eigenvalue weighted by Gasteiger charge is 2.25. The predicted molar refractivity (Wildman–Crippen MR) is 83.6 cm³/mol. The maximum Gasteiger partial charge on any atom is 0.239 e. The number of nitrogens with zero attached hydrogens (tertiary/aromatic N) is 3. The molecule has 3 rings (SSSR count). The second-order valence-electron chi connectivity index (χ2n) is 5.16. The van der Waals surface area contributed by atoms with Gasteiger partial charge in [-0.25, -0.2) is 4.68 Å². The lowest BCUT2D eigenvalue weighted by molar-refractivity contribution is -0.133. The Bertz CT molecular complexity index is 624. The first kappa shape index (κ1) is 15.5. The number of rotatable bonds is 2. The Kier molecular flexibility index (Phi) is 4.65. The second kappa shape index (κ2) is 6.28. The van der Waals surface area contributed by atoms with Gasteiger partial charge in [-0.15, -0.1) is 12.4 Å². The maximum absolute atomic E-state index is 12.0. The topological polar surface area (TPSA) is 64.2 Å². The first-order chi connectivity index (χ1) is 9.66. The van der Waals surface area contributed by atoms with Crippen molar-refractivity contribution in [1.29, 1.82) is 0 Å². The molecule has 21 heavy (non-hydrogen) atoms. The molecule has 1 aliphatic rings. The minimum absolute atomic E-state index is 0. The maximum atomic E-state index is 12.0. The Morgan fingerprint density at radius 3 is 2.71 bits per heavy atom. The molecule has 0 bridgehead atoms. The zero-order chi connectivity index (χ0) is 14.1. The lowest BCUT2D eigenvalue weighted by atomic mass is 10.1. The minimum atomic E-state index is -0.444. The molecule has 1 aliphatic heterocycles. The van der Waals surface area contributed by atoms with Gasteiger partial charge in [0.25, 0.3) is 0 Å². The van der Waals surface area contributed by atoms with Gasteiger partial charge in [0.05, 0.1) is 23.6 Å². The summed E-state index contributed by atoms with van der Waals surface area (Å²) in [6.45, 7) is 3.03. The minimum Gasteiger partial charge on any atom is -0.337 e. The third-order valence-corrected chi connectivity index (χ3v) is 3.64. The van der Waals surface area contributed by atoms with E-state index < -0.39 is 6.04 Å². The van der Waals surface area contributed by atoms with Crippen LogP contribution in [-0.4, -0.2) is 33.2 Å². The monoisotopic (exact) mass is 306 g/mol. The SMILES string of the molecule is C[C@@H](N)C(=O)N1CCc2c(cnn2-c2ccccc2)C1.Cl. The molecule has 0 fully saturated rings. The molecule has 0 unspecified atom stereocenters. The summed E-state index contributed by atoms with van der Waals surface area (Å²) in [5, 5.41) is 4.45. The summed E-state index contributed by atoms with van der Waals surface area (Å²) in [4.78, 5) is 13.8. The van der Waals surface area contributed by atoms with Crippen LogP contribution in [0.3, 0.4) is 0 Å². The van der Waals surface area contributed by atoms with Crippen molar-refractivity contribution in [3.05, 3.63) is 47.8 Å². The van der Waals surface area contributed by atoms with Crippen LogP contribution in [0.4, 0.5) is 0 Å². The van der Waals surface area contributed by atoms with Crippen molar-refractivity contribution in [2.45, 2.75) is 25.9 Å². The van der Waals surface area contributed by atoms with E-state index in [0.717, 1.165) is 17.7 Å². The van der Waals surface area contributed by atoms with E-state index in [1.54, 1.807) is 6.92 Å². The van der Waals surface area contributed by atoms with Crippen molar-refractivity contribution in [2.75, 3.05) is 6.54 Å². The molecule has 2 aromatic rings. The van der Waals surface area contributed by atoms with Gasteiger partial charge < -0.3 is 10.6 Å². The Hall–Kier alpha value is -1.85. The van der Waals surface area contributed by atoms with Crippen LogP contribution in [0.5, 0.6) is 0 Å². The number of hydrogen-bond donors (Lipinski definition) is 1. The largest absolute Gasteiger partial charge is 0.337 e.